The minimum absolute atomic E-state index is 0.200. The van der Waals surface area contributed by atoms with Crippen LogP contribution in [0.4, 0.5) is 0 Å². The molecular formula is C11H19NOS. The third-order valence-electron chi connectivity index (χ3n) is 2.26. The molecular weight excluding hydrogens is 194 g/mol. The van der Waals surface area contributed by atoms with Crippen LogP contribution >= 0.6 is 11.3 Å². The summed E-state index contributed by atoms with van der Waals surface area (Å²) >= 11 is 1.85. The van der Waals surface area contributed by atoms with Crippen molar-refractivity contribution in [3.05, 3.63) is 21.4 Å². The van der Waals surface area contributed by atoms with Gasteiger partial charge in [0.25, 0.3) is 0 Å². The van der Waals surface area contributed by atoms with Crippen LogP contribution in [-0.4, -0.2) is 17.8 Å². The largest absolute Gasteiger partial charge is 0.393 e. The first kappa shape index (κ1) is 11.7. The van der Waals surface area contributed by atoms with Gasteiger partial charge in [0, 0.05) is 16.3 Å². The van der Waals surface area contributed by atoms with Gasteiger partial charge < -0.3 is 10.4 Å². The van der Waals surface area contributed by atoms with Crippen molar-refractivity contribution < 1.29 is 5.11 Å². The standard InChI is InChI=1S/C11H19NOS/c1-8-6-11(14-10(8)3)7-12-5-4-9(2)13/h6,9,12-13H,4-5,7H2,1-3H3. The molecule has 0 saturated heterocycles. The van der Waals surface area contributed by atoms with E-state index in [9.17, 15) is 0 Å². The van der Waals surface area contributed by atoms with E-state index in [0.717, 1.165) is 19.5 Å². The monoisotopic (exact) mass is 213 g/mol. The van der Waals surface area contributed by atoms with Crippen LogP contribution in [0.25, 0.3) is 0 Å². The van der Waals surface area contributed by atoms with E-state index in [4.69, 9.17) is 5.11 Å². The number of hydrogen-bond donors (Lipinski definition) is 2. The Kier molecular flexibility index (Phi) is 4.58. The molecule has 2 N–H and O–H groups in total. The lowest BCUT2D eigenvalue weighted by atomic mass is 10.2. The highest BCUT2D eigenvalue weighted by atomic mass is 32.1. The summed E-state index contributed by atoms with van der Waals surface area (Å²) in [5, 5.41) is 12.4. The summed E-state index contributed by atoms with van der Waals surface area (Å²) in [6.07, 6.45) is 0.623. The number of aliphatic hydroxyl groups is 1. The zero-order valence-corrected chi connectivity index (χ0v) is 9.95. The zero-order chi connectivity index (χ0) is 10.6. The lowest BCUT2D eigenvalue weighted by Crippen LogP contribution is -2.17. The Morgan fingerprint density at radius 3 is 2.71 bits per heavy atom. The highest BCUT2D eigenvalue weighted by Crippen LogP contribution is 2.20. The van der Waals surface area contributed by atoms with Gasteiger partial charge in [0.2, 0.25) is 0 Å². The van der Waals surface area contributed by atoms with Crippen molar-refractivity contribution in [2.75, 3.05) is 6.54 Å². The molecule has 0 radical (unpaired) electrons. The lowest BCUT2D eigenvalue weighted by Gasteiger charge is -2.04. The topological polar surface area (TPSA) is 32.3 Å². The summed E-state index contributed by atoms with van der Waals surface area (Å²) in [5.74, 6) is 0. The number of hydrogen-bond acceptors (Lipinski definition) is 3. The molecule has 0 aliphatic rings. The minimum atomic E-state index is -0.200. The van der Waals surface area contributed by atoms with E-state index in [1.54, 1.807) is 0 Å². The number of aliphatic hydroxyl groups excluding tert-OH is 1. The molecule has 0 aliphatic carbocycles. The Morgan fingerprint density at radius 2 is 2.21 bits per heavy atom. The molecule has 0 aromatic carbocycles. The van der Waals surface area contributed by atoms with Gasteiger partial charge in [0.05, 0.1) is 6.10 Å². The number of thiophene rings is 1. The smallest absolute Gasteiger partial charge is 0.0524 e. The molecule has 0 spiro atoms. The second-order valence-electron chi connectivity index (χ2n) is 3.77. The average Bonchev–Trinajstić information content (AvgIpc) is 2.40. The Labute approximate surface area is 90.0 Å². The average molecular weight is 213 g/mol. The molecule has 0 saturated carbocycles. The van der Waals surface area contributed by atoms with Crippen LogP contribution in [-0.2, 0) is 6.54 Å². The molecule has 0 aliphatic heterocycles. The molecule has 0 bridgehead atoms. The SMILES string of the molecule is Cc1cc(CNCCC(C)O)sc1C. The van der Waals surface area contributed by atoms with Crippen LogP contribution in [0.15, 0.2) is 6.07 Å². The van der Waals surface area contributed by atoms with Gasteiger partial charge in [-0.05, 0) is 45.4 Å². The molecule has 1 rings (SSSR count). The van der Waals surface area contributed by atoms with E-state index < -0.39 is 0 Å². The summed E-state index contributed by atoms with van der Waals surface area (Å²) in [6, 6.07) is 2.23. The van der Waals surface area contributed by atoms with Crippen molar-refractivity contribution >= 4 is 11.3 Å². The molecule has 0 amide bonds. The first-order valence-corrected chi connectivity index (χ1v) is 5.86. The maximum Gasteiger partial charge on any atom is 0.0524 e. The molecule has 1 aromatic rings. The molecule has 14 heavy (non-hydrogen) atoms. The van der Waals surface area contributed by atoms with E-state index in [1.807, 2.05) is 18.3 Å². The first-order chi connectivity index (χ1) is 6.59. The van der Waals surface area contributed by atoms with Gasteiger partial charge in [-0.25, -0.2) is 0 Å². The van der Waals surface area contributed by atoms with Crippen molar-refractivity contribution in [3.8, 4) is 0 Å². The Balaban J connectivity index is 2.25. The van der Waals surface area contributed by atoms with Crippen molar-refractivity contribution in [2.45, 2.75) is 39.8 Å². The van der Waals surface area contributed by atoms with Crippen molar-refractivity contribution in [1.82, 2.24) is 5.32 Å². The maximum atomic E-state index is 9.06. The first-order valence-electron chi connectivity index (χ1n) is 5.04. The quantitative estimate of drug-likeness (QED) is 0.735. The van der Waals surface area contributed by atoms with E-state index >= 15 is 0 Å². The van der Waals surface area contributed by atoms with Crippen LogP contribution in [0.5, 0.6) is 0 Å². The predicted molar refractivity (Wildman–Crippen MR) is 61.8 cm³/mol. The van der Waals surface area contributed by atoms with Crippen LogP contribution in [0, 0.1) is 13.8 Å². The summed E-state index contributed by atoms with van der Waals surface area (Å²) in [4.78, 5) is 2.78. The molecule has 0 fully saturated rings. The molecule has 1 heterocycles. The summed E-state index contributed by atoms with van der Waals surface area (Å²) in [7, 11) is 0. The second kappa shape index (κ2) is 5.49. The predicted octanol–water partition coefficient (Wildman–Crippen LogP) is 2.23. The Hall–Kier alpha value is -0.380. The van der Waals surface area contributed by atoms with Crippen LogP contribution in [0.3, 0.4) is 0 Å². The molecule has 3 heteroatoms. The van der Waals surface area contributed by atoms with Gasteiger partial charge in [-0.15, -0.1) is 11.3 Å². The van der Waals surface area contributed by atoms with Crippen LogP contribution < -0.4 is 5.32 Å². The lowest BCUT2D eigenvalue weighted by molar-refractivity contribution is 0.183. The van der Waals surface area contributed by atoms with E-state index in [0.29, 0.717) is 0 Å². The van der Waals surface area contributed by atoms with Gasteiger partial charge in [-0.2, -0.15) is 0 Å². The Bertz CT molecular complexity index is 261. The Morgan fingerprint density at radius 1 is 1.50 bits per heavy atom. The molecule has 1 aromatic heterocycles. The summed E-state index contributed by atoms with van der Waals surface area (Å²) in [6.45, 7) is 7.92. The van der Waals surface area contributed by atoms with Gasteiger partial charge in [0.15, 0.2) is 0 Å². The van der Waals surface area contributed by atoms with Gasteiger partial charge >= 0.3 is 0 Å². The van der Waals surface area contributed by atoms with E-state index in [-0.39, 0.29) is 6.10 Å². The second-order valence-corrected chi connectivity index (χ2v) is 5.11. The van der Waals surface area contributed by atoms with Gasteiger partial charge in [-0.3, -0.25) is 0 Å². The highest BCUT2D eigenvalue weighted by molar-refractivity contribution is 7.12. The fourth-order valence-electron chi connectivity index (χ4n) is 1.26. The van der Waals surface area contributed by atoms with Crippen LogP contribution in [0.2, 0.25) is 0 Å². The molecule has 1 unspecified atom stereocenters. The van der Waals surface area contributed by atoms with Crippen molar-refractivity contribution in [2.24, 2.45) is 0 Å². The fraction of sp³-hybridized carbons (Fsp3) is 0.636. The maximum absolute atomic E-state index is 9.06. The summed E-state index contributed by atoms with van der Waals surface area (Å²) in [5.41, 5.74) is 1.38. The fourth-order valence-corrected chi connectivity index (χ4v) is 2.28. The molecule has 2 nitrogen and oxygen atoms in total. The number of aryl methyl sites for hydroxylation is 2. The van der Waals surface area contributed by atoms with Gasteiger partial charge in [0.1, 0.15) is 0 Å². The van der Waals surface area contributed by atoms with Crippen molar-refractivity contribution in [1.29, 1.82) is 0 Å². The van der Waals surface area contributed by atoms with Crippen molar-refractivity contribution in [3.63, 3.8) is 0 Å². The van der Waals surface area contributed by atoms with E-state index in [1.165, 1.54) is 15.3 Å². The van der Waals surface area contributed by atoms with Crippen LogP contribution in [0.1, 0.15) is 28.7 Å². The molecule has 80 valence electrons. The highest BCUT2D eigenvalue weighted by Gasteiger charge is 2.01. The van der Waals surface area contributed by atoms with E-state index in [2.05, 4.69) is 25.2 Å². The number of nitrogens with one attached hydrogen (secondary N) is 1. The molecule has 1 atom stereocenters. The third-order valence-corrected chi connectivity index (χ3v) is 3.41. The normalized spacial score (nSPS) is 13.1. The number of rotatable bonds is 5. The summed E-state index contributed by atoms with van der Waals surface area (Å²) < 4.78 is 0. The van der Waals surface area contributed by atoms with Gasteiger partial charge in [-0.1, -0.05) is 0 Å². The zero-order valence-electron chi connectivity index (χ0n) is 9.13. The minimum Gasteiger partial charge on any atom is -0.393 e. The third kappa shape index (κ3) is 3.78.